The highest BCUT2D eigenvalue weighted by Crippen LogP contribution is 2.48. The number of benzene rings is 1. The number of rotatable bonds is 2. The Balaban J connectivity index is 2.17. The molecule has 4 nitrogen and oxygen atoms in total. The summed E-state index contributed by atoms with van der Waals surface area (Å²) in [7, 11) is 0. The molecule has 0 bridgehead atoms. The summed E-state index contributed by atoms with van der Waals surface area (Å²) in [6, 6.07) is 1.64. The van der Waals surface area contributed by atoms with E-state index >= 15 is 0 Å². The Labute approximate surface area is 123 Å². The topological polar surface area (TPSA) is 61.6 Å². The van der Waals surface area contributed by atoms with Gasteiger partial charge in [0.2, 0.25) is 0 Å². The summed E-state index contributed by atoms with van der Waals surface area (Å²) in [5.74, 6) is 1.05. The summed E-state index contributed by atoms with van der Waals surface area (Å²) in [6.07, 6.45) is 5.86. The van der Waals surface area contributed by atoms with Crippen LogP contribution < -0.4 is 15.2 Å². The maximum atomic E-state index is 11.2. The summed E-state index contributed by atoms with van der Waals surface area (Å²) < 4.78 is 11.4. The van der Waals surface area contributed by atoms with Gasteiger partial charge in [0.15, 0.2) is 17.8 Å². The SMILES string of the molecule is NC1(c2c(Cl)cc(C=O)c3c2OCCO3)CCCCC1. The second-order valence-electron chi connectivity index (χ2n) is 5.51. The Morgan fingerprint density at radius 2 is 1.80 bits per heavy atom. The average molecular weight is 296 g/mol. The van der Waals surface area contributed by atoms with Crippen LogP contribution in [0, 0.1) is 0 Å². The van der Waals surface area contributed by atoms with Crippen LogP contribution in [-0.4, -0.2) is 19.5 Å². The predicted octanol–water partition coefficient (Wildman–Crippen LogP) is 3.04. The molecule has 2 aliphatic rings. The fraction of sp³-hybridized carbons (Fsp3) is 0.533. The first-order valence-electron chi connectivity index (χ1n) is 7.02. The second-order valence-corrected chi connectivity index (χ2v) is 5.92. The molecule has 0 spiro atoms. The van der Waals surface area contributed by atoms with Crippen molar-refractivity contribution in [1.29, 1.82) is 0 Å². The molecule has 1 aromatic rings. The maximum absolute atomic E-state index is 11.2. The maximum Gasteiger partial charge on any atom is 0.172 e. The van der Waals surface area contributed by atoms with Crippen molar-refractivity contribution in [3.8, 4) is 11.5 Å². The third kappa shape index (κ3) is 2.17. The Kier molecular flexibility index (Phi) is 3.61. The second kappa shape index (κ2) is 5.26. The smallest absolute Gasteiger partial charge is 0.172 e. The molecular weight excluding hydrogens is 278 g/mol. The molecule has 1 aromatic carbocycles. The summed E-state index contributed by atoms with van der Waals surface area (Å²) in [5, 5.41) is 0.501. The van der Waals surface area contributed by atoms with Crippen LogP contribution >= 0.6 is 11.6 Å². The van der Waals surface area contributed by atoms with E-state index in [0.29, 0.717) is 35.3 Å². The van der Waals surface area contributed by atoms with E-state index < -0.39 is 5.54 Å². The zero-order valence-electron chi connectivity index (χ0n) is 11.3. The van der Waals surface area contributed by atoms with Gasteiger partial charge in [0.05, 0.1) is 10.6 Å². The lowest BCUT2D eigenvalue weighted by atomic mass is 9.76. The van der Waals surface area contributed by atoms with Gasteiger partial charge in [-0.2, -0.15) is 0 Å². The highest BCUT2D eigenvalue weighted by molar-refractivity contribution is 6.32. The lowest BCUT2D eigenvalue weighted by molar-refractivity contribution is 0.111. The fourth-order valence-corrected chi connectivity index (χ4v) is 3.58. The molecule has 1 aliphatic heterocycles. The summed E-state index contributed by atoms with van der Waals surface area (Å²) in [4.78, 5) is 11.2. The minimum atomic E-state index is -0.485. The number of hydrogen-bond acceptors (Lipinski definition) is 4. The first-order chi connectivity index (χ1) is 9.65. The highest BCUT2D eigenvalue weighted by Gasteiger charge is 2.37. The van der Waals surface area contributed by atoms with Crippen molar-refractivity contribution < 1.29 is 14.3 Å². The standard InChI is InChI=1S/C15H18ClNO3/c16-11-8-10(9-18)13-14(20-7-6-19-13)12(11)15(17)4-2-1-3-5-15/h8-9H,1-7,17H2. The number of nitrogens with two attached hydrogens (primary N) is 1. The van der Waals surface area contributed by atoms with Crippen molar-refractivity contribution in [3.05, 3.63) is 22.2 Å². The molecule has 1 fully saturated rings. The third-order valence-electron chi connectivity index (χ3n) is 4.16. The molecule has 5 heteroatoms. The van der Waals surface area contributed by atoms with Gasteiger partial charge in [-0.05, 0) is 18.9 Å². The van der Waals surface area contributed by atoms with Gasteiger partial charge >= 0.3 is 0 Å². The summed E-state index contributed by atoms with van der Waals surface area (Å²) in [6.45, 7) is 0.890. The van der Waals surface area contributed by atoms with E-state index in [0.717, 1.165) is 37.5 Å². The van der Waals surface area contributed by atoms with Gasteiger partial charge in [0.1, 0.15) is 13.2 Å². The molecule has 0 aromatic heterocycles. The molecule has 0 unspecified atom stereocenters. The first-order valence-corrected chi connectivity index (χ1v) is 7.40. The number of carbonyl (C=O) groups is 1. The highest BCUT2D eigenvalue weighted by atomic mass is 35.5. The number of aldehydes is 1. The Morgan fingerprint density at radius 1 is 1.15 bits per heavy atom. The van der Waals surface area contributed by atoms with E-state index in [1.807, 2.05) is 0 Å². The van der Waals surface area contributed by atoms with Gasteiger partial charge < -0.3 is 15.2 Å². The Morgan fingerprint density at radius 3 is 2.45 bits per heavy atom. The minimum Gasteiger partial charge on any atom is -0.486 e. The number of carbonyl (C=O) groups excluding carboxylic acids is 1. The summed E-state index contributed by atoms with van der Waals surface area (Å²) >= 11 is 6.39. The number of halogens is 1. The van der Waals surface area contributed by atoms with E-state index in [-0.39, 0.29) is 0 Å². The van der Waals surface area contributed by atoms with Crippen molar-refractivity contribution in [3.63, 3.8) is 0 Å². The molecule has 108 valence electrons. The van der Waals surface area contributed by atoms with E-state index in [4.69, 9.17) is 26.8 Å². The molecule has 1 aliphatic carbocycles. The van der Waals surface area contributed by atoms with Crippen LogP contribution in [0.1, 0.15) is 48.0 Å². The van der Waals surface area contributed by atoms with Crippen LogP contribution in [0.5, 0.6) is 11.5 Å². The first kappa shape index (κ1) is 13.7. The van der Waals surface area contributed by atoms with Crippen LogP contribution in [0.15, 0.2) is 6.07 Å². The monoisotopic (exact) mass is 295 g/mol. The molecule has 0 saturated heterocycles. The molecule has 1 heterocycles. The average Bonchev–Trinajstić information content (AvgIpc) is 2.46. The van der Waals surface area contributed by atoms with Gasteiger partial charge in [0, 0.05) is 11.1 Å². The van der Waals surface area contributed by atoms with Crippen molar-refractivity contribution in [1.82, 2.24) is 0 Å². The molecule has 2 N–H and O–H groups in total. The largest absolute Gasteiger partial charge is 0.486 e. The number of hydrogen-bond donors (Lipinski definition) is 1. The minimum absolute atomic E-state index is 0.424. The summed E-state index contributed by atoms with van der Waals surface area (Å²) in [5.41, 5.74) is 7.33. The predicted molar refractivity (Wildman–Crippen MR) is 76.8 cm³/mol. The third-order valence-corrected chi connectivity index (χ3v) is 4.46. The van der Waals surface area contributed by atoms with Gasteiger partial charge in [-0.25, -0.2) is 0 Å². The molecule has 1 saturated carbocycles. The van der Waals surface area contributed by atoms with Crippen LogP contribution in [-0.2, 0) is 5.54 Å². The molecule has 20 heavy (non-hydrogen) atoms. The van der Waals surface area contributed by atoms with E-state index in [9.17, 15) is 4.79 Å². The Hall–Kier alpha value is -1.26. The molecule has 3 rings (SSSR count). The molecule has 0 radical (unpaired) electrons. The van der Waals surface area contributed by atoms with Gasteiger partial charge in [-0.15, -0.1) is 0 Å². The lowest BCUT2D eigenvalue weighted by Crippen LogP contribution is -2.40. The van der Waals surface area contributed by atoms with Crippen LogP contribution in [0.25, 0.3) is 0 Å². The molecule has 0 atom stereocenters. The van der Waals surface area contributed by atoms with Crippen molar-refractivity contribution in [2.24, 2.45) is 5.73 Å². The Bertz CT molecular complexity index is 538. The van der Waals surface area contributed by atoms with Crippen molar-refractivity contribution >= 4 is 17.9 Å². The van der Waals surface area contributed by atoms with Gasteiger partial charge in [-0.3, -0.25) is 4.79 Å². The van der Waals surface area contributed by atoms with Gasteiger partial charge in [0.25, 0.3) is 0 Å². The molecular formula is C15H18ClNO3. The van der Waals surface area contributed by atoms with E-state index in [1.165, 1.54) is 6.42 Å². The zero-order chi connectivity index (χ0) is 14.2. The van der Waals surface area contributed by atoms with E-state index in [2.05, 4.69) is 0 Å². The van der Waals surface area contributed by atoms with Crippen molar-refractivity contribution in [2.45, 2.75) is 37.6 Å². The van der Waals surface area contributed by atoms with Gasteiger partial charge in [-0.1, -0.05) is 30.9 Å². The number of fused-ring (bicyclic) bond motifs is 1. The lowest BCUT2D eigenvalue weighted by Gasteiger charge is -2.37. The van der Waals surface area contributed by atoms with E-state index in [1.54, 1.807) is 6.07 Å². The van der Waals surface area contributed by atoms with Crippen molar-refractivity contribution in [2.75, 3.05) is 13.2 Å². The fourth-order valence-electron chi connectivity index (χ4n) is 3.19. The zero-order valence-corrected chi connectivity index (χ0v) is 12.0. The van der Waals surface area contributed by atoms with Crippen LogP contribution in [0.4, 0.5) is 0 Å². The van der Waals surface area contributed by atoms with Crippen LogP contribution in [0.3, 0.4) is 0 Å². The quantitative estimate of drug-likeness (QED) is 0.852. The number of ether oxygens (including phenoxy) is 2. The normalized spacial score (nSPS) is 20.5. The van der Waals surface area contributed by atoms with Crippen LogP contribution in [0.2, 0.25) is 5.02 Å². The molecule has 0 amide bonds.